The lowest BCUT2D eigenvalue weighted by atomic mass is 9.78. The van der Waals surface area contributed by atoms with Gasteiger partial charge in [0.15, 0.2) is 5.78 Å². The van der Waals surface area contributed by atoms with E-state index >= 15 is 0 Å². The summed E-state index contributed by atoms with van der Waals surface area (Å²) in [5, 5.41) is 9.53. The lowest BCUT2D eigenvalue weighted by Gasteiger charge is -2.25. The third-order valence-electron chi connectivity index (χ3n) is 4.06. The Labute approximate surface area is 89.7 Å². The summed E-state index contributed by atoms with van der Waals surface area (Å²) in [4.78, 5) is 12.1. The molecule has 0 aromatic carbocycles. The van der Waals surface area contributed by atoms with Crippen LogP contribution in [0.4, 0.5) is 0 Å². The molecule has 80 valence electrons. The minimum Gasteiger partial charge on any atom is -0.389 e. The number of ketones is 1. The molecular formula is C13H16O2. The van der Waals surface area contributed by atoms with Crippen LogP contribution in [0, 0.1) is 11.8 Å². The van der Waals surface area contributed by atoms with Crippen LogP contribution in [0.1, 0.15) is 32.1 Å². The van der Waals surface area contributed by atoms with E-state index in [1.165, 1.54) is 18.4 Å². The van der Waals surface area contributed by atoms with E-state index in [4.69, 9.17) is 0 Å². The summed E-state index contributed by atoms with van der Waals surface area (Å²) in [6.45, 7) is 0. The Hall–Kier alpha value is -0.890. The maximum atomic E-state index is 12.1. The van der Waals surface area contributed by atoms with Crippen molar-refractivity contribution < 1.29 is 9.90 Å². The van der Waals surface area contributed by atoms with Crippen LogP contribution in [0.2, 0.25) is 0 Å². The number of fused-ring (bicyclic) bond motifs is 2. The number of carbonyl (C=O) groups excluding carboxylic acids is 1. The van der Waals surface area contributed by atoms with Crippen molar-refractivity contribution in [1.82, 2.24) is 0 Å². The molecule has 3 atom stereocenters. The summed E-state index contributed by atoms with van der Waals surface area (Å²) in [6.07, 6.45) is 8.61. The van der Waals surface area contributed by atoms with Gasteiger partial charge in [-0.3, -0.25) is 4.79 Å². The lowest BCUT2D eigenvalue weighted by Crippen LogP contribution is -2.21. The zero-order valence-corrected chi connectivity index (χ0v) is 8.78. The zero-order valence-electron chi connectivity index (χ0n) is 8.78. The number of carbonyl (C=O) groups is 1. The molecule has 15 heavy (non-hydrogen) atoms. The minimum atomic E-state index is -0.437. The van der Waals surface area contributed by atoms with Crippen molar-refractivity contribution in [3.8, 4) is 0 Å². The van der Waals surface area contributed by atoms with Gasteiger partial charge in [-0.05, 0) is 24.3 Å². The van der Waals surface area contributed by atoms with Crippen molar-refractivity contribution in [2.75, 3.05) is 0 Å². The van der Waals surface area contributed by atoms with Crippen LogP contribution >= 0.6 is 0 Å². The van der Waals surface area contributed by atoms with Gasteiger partial charge in [-0.1, -0.05) is 25.0 Å². The van der Waals surface area contributed by atoms with Gasteiger partial charge in [-0.15, -0.1) is 0 Å². The highest BCUT2D eigenvalue weighted by molar-refractivity contribution is 6.02. The van der Waals surface area contributed by atoms with Crippen LogP contribution < -0.4 is 0 Å². The maximum absolute atomic E-state index is 12.1. The lowest BCUT2D eigenvalue weighted by molar-refractivity contribution is -0.120. The van der Waals surface area contributed by atoms with Crippen molar-refractivity contribution in [3.05, 3.63) is 23.3 Å². The van der Waals surface area contributed by atoms with Gasteiger partial charge in [0.2, 0.25) is 0 Å². The normalized spacial score (nSPS) is 39.3. The largest absolute Gasteiger partial charge is 0.389 e. The Morgan fingerprint density at radius 1 is 1.20 bits per heavy atom. The van der Waals surface area contributed by atoms with E-state index in [-0.39, 0.29) is 5.92 Å². The topological polar surface area (TPSA) is 37.3 Å². The van der Waals surface area contributed by atoms with Crippen molar-refractivity contribution in [1.29, 1.82) is 0 Å². The van der Waals surface area contributed by atoms with Gasteiger partial charge in [-0.25, -0.2) is 0 Å². The fourth-order valence-electron chi connectivity index (χ4n) is 3.34. The molecule has 1 saturated carbocycles. The first-order valence-corrected chi connectivity index (χ1v) is 5.91. The average molecular weight is 204 g/mol. The van der Waals surface area contributed by atoms with E-state index in [9.17, 15) is 9.90 Å². The van der Waals surface area contributed by atoms with Gasteiger partial charge < -0.3 is 5.11 Å². The summed E-state index contributed by atoms with van der Waals surface area (Å²) < 4.78 is 0. The fourth-order valence-corrected chi connectivity index (χ4v) is 3.34. The SMILES string of the molecule is O=C1C2=C(C=CC(O)C2)C2CCCCC12. The second-order valence-corrected chi connectivity index (χ2v) is 4.93. The van der Waals surface area contributed by atoms with Gasteiger partial charge in [0.05, 0.1) is 6.10 Å². The Bertz CT molecular complexity index is 365. The number of allylic oxidation sites excluding steroid dienone is 2. The van der Waals surface area contributed by atoms with Crippen molar-refractivity contribution >= 4 is 5.78 Å². The van der Waals surface area contributed by atoms with Crippen LogP contribution in [-0.2, 0) is 4.79 Å². The molecule has 1 fully saturated rings. The molecule has 2 nitrogen and oxygen atoms in total. The first-order valence-electron chi connectivity index (χ1n) is 5.91. The summed E-state index contributed by atoms with van der Waals surface area (Å²) in [5.74, 6) is 1.06. The molecule has 3 unspecified atom stereocenters. The molecule has 0 radical (unpaired) electrons. The molecular weight excluding hydrogens is 188 g/mol. The minimum absolute atomic E-state index is 0.249. The van der Waals surface area contributed by atoms with Crippen LogP contribution in [0.25, 0.3) is 0 Å². The highest BCUT2D eigenvalue weighted by atomic mass is 16.3. The Kier molecular flexibility index (Phi) is 2.06. The van der Waals surface area contributed by atoms with Gasteiger partial charge in [0.25, 0.3) is 0 Å². The van der Waals surface area contributed by atoms with Gasteiger partial charge in [-0.2, -0.15) is 0 Å². The third kappa shape index (κ3) is 1.31. The Morgan fingerprint density at radius 3 is 2.73 bits per heavy atom. The standard InChI is InChI=1S/C13H16O2/c14-8-5-6-10-9-3-1-2-4-11(9)13(15)12(10)7-8/h5-6,8-9,11,14H,1-4,7H2. The van der Waals surface area contributed by atoms with E-state index < -0.39 is 6.10 Å². The molecule has 2 heteroatoms. The average Bonchev–Trinajstić information content (AvgIpc) is 2.54. The molecule has 0 aliphatic heterocycles. The molecule has 0 aromatic heterocycles. The molecule has 0 saturated heterocycles. The predicted octanol–water partition coefficient (Wildman–Crippen LogP) is 1.99. The molecule has 0 amide bonds. The fraction of sp³-hybridized carbons (Fsp3) is 0.615. The predicted molar refractivity (Wildman–Crippen MR) is 57.2 cm³/mol. The molecule has 0 heterocycles. The first kappa shape index (κ1) is 9.34. The van der Waals surface area contributed by atoms with Crippen molar-refractivity contribution in [2.24, 2.45) is 11.8 Å². The number of aliphatic hydroxyl groups is 1. The molecule has 0 bridgehead atoms. The van der Waals surface area contributed by atoms with E-state index in [0.717, 1.165) is 18.4 Å². The van der Waals surface area contributed by atoms with Crippen LogP contribution in [0.5, 0.6) is 0 Å². The molecule has 0 aromatic rings. The zero-order chi connectivity index (χ0) is 10.4. The number of rotatable bonds is 0. The number of hydrogen-bond acceptors (Lipinski definition) is 2. The highest BCUT2D eigenvalue weighted by Crippen LogP contribution is 2.46. The molecule has 3 aliphatic carbocycles. The van der Waals surface area contributed by atoms with Gasteiger partial charge >= 0.3 is 0 Å². The monoisotopic (exact) mass is 204 g/mol. The Morgan fingerprint density at radius 2 is 1.93 bits per heavy atom. The van der Waals surface area contributed by atoms with Crippen LogP contribution in [0.3, 0.4) is 0 Å². The highest BCUT2D eigenvalue weighted by Gasteiger charge is 2.42. The molecule has 3 rings (SSSR count). The van der Waals surface area contributed by atoms with Crippen molar-refractivity contribution in [2.45, 2.75) is 38.2 Å². The number of hydrogen-bond donors (Lipinski definition) is 1. The molecule has 0 spiro atoms. The second kappa shape index (κ2) is 3.31. The van der Waals surface area contributed by atoms with Gasteiger partial charge in [0, 0.05) is 17.9 Å². The van der Waals surface area contributed by atoms with E-state index in [1.54, 1.807) is 0 Å². The van der Waals surface area contributed by atoms with Crippen LogP contribution in [-0.4, -0.2) is 17.0 Å². The molecule has 1 N–H and O–H groups in total. The van der Waals surface area contributed by atoms with E-state index in [0.29, 0.717) is 18.1 Å². The second-order valence-electron chi connectivity index (χ2n) is 4.93. The summed E-state index contributed by atoms with van der Waals surface area (Å²) in [7, 11) is 0. The Balaban J connectivity index is 1.97. The number of aliphatic hydroxyl groups excluding tert-OH is 1. The van der Waals surface area contributed by atoms with Gasteiger partial charge in [0.1, 0.15) is 0 Å². The summed E-state index contributed by atoms with van der Waals surface area (Å²) in [6, 6.07) is 0. The van der Waals surface area contributed by atoms with E-state index in [1.807, 2.05) is 12.2 Å². The van der Waals surface area contributed by atoms with Crippen molar-refractivity contribution in [3.63, 3.8) is 0 Å². The third-order valence-corrected chi connectivity index (χ3v) is 4.06. The van der Waals surface area contributed by atoms with Crippen LogP contribution in [0.15, 0.2) is 23.3 Å². The summed E-state index contributed by atoms with van der Waals surface area (Å²) >= 11 is 0. The maximum Gasteiger partial charge on any atom is 0.162 e. The summed E-state index contributed by atoms with van der Waals surface area (Å²) in [5.41, 5.74) is 2.18. The molecule has 3 aliphatic rings. The smallest absolute Gasteiger partial charge is 0.162 e. The first-order chi connectivity index (χ1) is 7.27. The van der Waals surface area contributed by atoms with E-state index in [2.05, 4.69) is 0 Å². The number of Topliss-reactive ketones (excluding diaryl/α,β-unsaturated/α-hetero) is 1. The quantitative estimate of drug-likeness (QED) is 0.655.